The van der Waals surface area contributed by atoms with E-state index >= 15 is 0 Å². The second kappa shape index (κ2) is 7.24. The molecule has 1 aromatic rings. The zero-order chi connectivity index (χ0) is 16.2. The lowest BCUT2D eigenvalue weighted by atomic mass is 9.93. The van der Waals surface area contributed by atoms with E-state index < -0.39 is 0 Å². The van der Waals surface area contributed by atoms with E-state index in [2.05, 4.69) is 34.4 Å². The van der Waals surface area contributed by atoms with Crippen LogP contribution in [0.15, 0.2) is 10.7 Å². The Morgan fingerprint density at radius 3 is 2.95 bits per heavy atom. The van der Waals surface area contributed by atoms with Crippen molar-refractivity contribution in [1.29, 1.82) is 0 Å². The molecular weight excluding hydrogens is 280 g/mol. The van der Waals surface area contributed by atoms with E-state index in [-0.39, 0.29) is 17.2 Å². The van der Waals surface area contributed by atoms with Crippen LogP contribution in [0, 0.1) is 5.41 Å². The highest BCUT2D eigenvalue weighted by Gasteiger charge is 2.24. The van der Waals surface area contributed by atoms with Gasteiger partial charge in [0.1, 0.15) is 6.26 Å². The molecule has 1 amide bonds. The van der Waals surface area contributed by atoms with E-state index in [4.69, 9.17) is 4.42 Å². The van der Waals surface area contributed by atoms with Crippen molar-refractivity contribution in [3.63, 3.8) is 0 Å². The maximum absolute atomic E-state index is 12.2. The number of rotatable bonds is 6. The van der Waals surface area contributed by atoms with Gasteiger partial charge in [0.2, 0.25) is 0 Å². The van der Waals surface area contributed by atoms with Gasteiger partial charge in [0.15, 0.2) is 11.6 Å². The molecule has 1 aliphatic rings. The summed E-state index contributed by atoms with van der Waals surface area (Å²) in [6, 6.07) is 0. The smallest absolute Gasteiger partial charge is 0.273 e. The fourth-order valence-corrected chi connectivity index (χ4v) is 2.96. The molecular formula is C16H28N4O2. The van der Waals surface area contributed by atoms with Gasteiger partial charge in [0.25, 0.3) is 5.91 Å². The van der Waals surface area contributed by atoms with E-state index in [0.29, 0.717) is 18.1 Å². The van der Waals surface area contributed by atoms with Gasteiger partial charge in [-0.3, -0.25) is 4.79 Å². The first kappa shape index (κ1) is 17.0. The summed E-state index contributed by atoms with van der Waals surface area (Å²) >= 11 is 0. The minimum Gasteiger partial charge on any atom is -0.448 e. The molecule has 1 fully saturated rings. The van der Waals surface area contributed by atoms with E-state index in [9.17, 15) is 4.79 Å². The first-order valence-corrected chi connectivity index (χ1v) is 7.96. The molecule has 1 atom stereocenters. The van der Waals surface area contributed by atoms with E-state index in [0.717, 1.165) is 32.5 Å². The summed E-state index contributed by atoms with van der Waals surface area (Å²) in [4.78, 5) is 18.7. The van der Waals surface area contributed by atoms with Crippen LogP contribution in [0.25, 0.3) is 0 Å². The van der Waals surface area contributed by atoms with Crippen LogP contribution in [-0.4, -0.2) is 56.1 Å². The molecule has 0 bridgehead atoms. The van der Waals surface area contributed by atoms with Crippen molar-refractivity contribution in [3.8, 4) is 0 Å². The quantitative estimate of drug-likeness (QED) is 0.832. The minimum absolute atomic E-state index is 0.0129. The van der Waals surface area contributed by atoms with Gasteiger partial charge in [-0.15, -0.1) is 0 Å². The van der Waals surface area contributed by atoms with Gasteiger partial charge in [-0.1, -0.05) is 13.8 Å². The Morgan fingerprint density at radius 1 is 1.55 bits per heavy atom. The van der Waals surface area contributed by atoms with E-state index in [1.54, 1.807) is 0 Å². The average molecular weight is 308 g/mol. The number of oxazole rings is 1. The van der Waals surface area contributed by atoms with Crippen molar-refractivity contribution < 1.29 is 9.21 Å². The number of carbonyl (C=O) groups is 1. The number of aromatic nitrogens is 1. The van der Waals surface area contributed by atoms with Crippen LogP contribution in [0.5, 0.6) is 0 Å². The van der Waals surface area contributed by atoms with Crippen LogP contribution in [-0.2, 0) is 0 Å². The summed E-state index contributed by atoms with van der Waals surface area (Å²) in [6.07, 6.45) is 3.65. The Kier molecular flexibility index (Phi) is 5.58. The Balaban J connectivity index is 1.89. The van der Waals surface area contributed by atoms with Crippen LogP contribution >= 0.6 is 0 Å². The molecule has 0 radical (unpaired) electrons. The fraction of sp³-hybridized carbons (Fsp3) is 0.750. The molecule has 0 spiro atoms. The third-order valence-electron chi connectivity index (χ3n) is 3.87. The summed E-state index contributed by atoms with van der Waals surface area (Å²) in [5.74, 6) is 0.788. The molecule has 124 valence electrons. The van der Waals surface area contributed by atoms with Crippen LogP contribution in [0.3, 0.4) is 0 Å². The van der Waals surface area contributed by atoms with Crippen molar-refractivity contribution in [3.05, 3.63) is 17.8 Å². The molecule has 6 nitrogen and oxygen atoms in total. The molecule has 0 saturated carbocycles. The lowest BCUT2D eigenvalue weighted by Crippen LogP contribution is -2.40. The number of amides is 1. The molecule has 1 aliphatic heterocycles. The average Bonchev–Trinajstić information content (AvgIpc) is 2.94. The highest BCUT2D eigenvalue weighted by atomic mass is 16.3. The van der Waals surface area contributed by atoms with Gasteiger partial charge in [-0.05, 0) is 38.9 Å². The molecule has 22 heavy (non-hydrogen) atoms. The Bertz CT molecular complexity index is 490. The molecule has 1 saturated heterocycles. The number of carbonyl (C=O) groups excluding carboxylic acids is 1. The van der Waals surface area contributed by atoms with Gasteiger partial charge in [-0.25, -0.2) is 4.98 Å². The number of nitrogens with zero attached hydrogens (tertiary/aromatic N) is 2. The summed E-state index contributed by atoms with van der Waals surface area (Å²) in [5.41, 5.74) is 0.389. The van der Waals surface area contributed by atoms with E-state index in [1.165, 1.54) is 6.26 Å². The van der Waals surface area contributed by atoms with Gasteiger partial charge in [0, 0.05) is 25.6 Å². The maximum atomic E-state index is 12.2. The summed E-state index contributed by atoms with van der Waals surface area (Å²) in [5, 5.41) is 6.29. The predicted octanol–water partition coefficient (Wildman–Crippen LogP) is 1.46. The molecule has 0 aliphatic carbocycles. The van der Waals surface area contributed by atoms with E-state index in [1.807, 2.05) is 14.1 Å². The van der Waals surface area contributed by atoms with Crippen LogP contribution in [0.2, 0.25) is 0 Å². The van der Waals surface area contributed by atoms with Gasteiger partial charge < -0.3 is 20.0 Å². The van der Waals surface area contributed by atoms with Crippen molar-refractivity contribution >= 4 is 5.91 Å². The first-order valence-electron chi connectivity index (χ1n) is 7.96. The number of hydrogen-bond acceptors (Lipinski definition) is 5. The van der Waals surface area contributed by atoms with Gasteiger partial charge in [0.05, 0.1) is 0 Å². The molecule has 2 rings (SSSR count). The fourth-order valence-electron chi connectivity index (χ4n) is 2.96. The summed E-state index contributed by atoms with van der Waals surface area (Å²) < 4.78 is 5.50. The van der Waals surface area contributed by atoms with Gasteiger partial charge in [-0.2, -0.15) is 0 Å². The zero-order valence-corrected chi connectivity index (χ0v) is 14.1. The first-order chi connectivity index (χ1) is 10.4. The van der Waals surface area contributed by atoms with Gasteiger partial charge >= 0.3 is 0 Å². The summed E-state index contributed by atoms with van der Waals surface area (Å²) in [7, 11) is 4.07. The third kappa shape index (κ3) is 4.81. The minimum atomic E-state index is -0.161. The van der Waals surface area contributed by atoms with Crippen LogP contribution in [0.1, 0.15) is 49.0 Å². The molecule has 0 aromatic carbocycles. The standard InChI is InChI=1S/C16H28N4O2/c1-16(2,11-20(3)4)10-18-14(21)13-9-22-15(19-13)12-6-5-7-17-8-12/h9,12,17H,5-8,10-11H2,1-4H3,(H,18,21). The van der Waals surface area contributed by atoms with Crippen LogP contribution in [0.4, 0.5) is 0 Å². The monoisotopic (exact) mass is 308 g/mol. The number of piperidine rings is 1. The molecule has 1 unspecified atom stereocenters. The van der Waals surface area contributed by atoms with Crippen molar-refractivity contribution in [2.24, 2.45) is 5.41 Å². The Labute approximate surface area is 132 Å². The second-order valence-corrected chi connectivity index (χ2v) is 7.20. The third-order valence-corrected chi connectivity index (χ3v) is 3.87. The van der Waals surface area contributed by atoms with Crippen molar-refractivity contribution in [1.82, 2.24) is 20.5 Å². The number of hydrogen-bond donors (Lipinski definition) is 2. The lowest BCUT2D eigenvalue weighted by Gasteiger charge is -2.28. The molecule has 2 N–H and O–H groups in total. The lowest BCUT2D eigenvalue weighted by molar-refractivity contribution is 0.0924. The van der Waals surface area contributed by atoms with Crippen molar-refractivity contribution in [2.75, 3.05) is 40.3 Å². The van der Waals surface area contributed by atoms with Crippen LogP contribution < -0.4 is 10.6 Å². The summed E-state index contributed by atoms with van der Waals surface area (Å²) in [6.45, 7) is 7.70. The SMILES string of the molecule is CN(C)CC(C)(C)CNC(=O)c1coc(C2CCCNC2)n1. The second-order valence-electron chi connectivity index (χ2n) is 7.20. The zero-order valence-electron chi connectivity index (χ0n) is 14.1. The molecule has 6 heteroatoms. The highest BCUT2D eigenvalue weighted by Crippen LogP contribution is 2.22. The predicted molar refractivity (Wildman–Crippen MR) is 86.0 cm³/mol. The topological polar surface area (TPSA) is 70.4 Å². The Morgan fingerprint density at radius 2 is 2.32 bits per heavy atom. The number of nitrogens with one attached hydrogen (secondary N) is 2. The molecule has 2 heterocycles. The molecule has 1 aromatic heterocycles. The normalized spacial score (nSPS) is 19.4. The maximum Gasteiger partial charge on any atom is 0.273 e. The highest BCUT2D eigenvalue weighted by molar-refractivity contribution is 5.91. The van der Waals surface area contributed by atoms with Crippen molar-refractivity contribution in [2.45, 2.75) is 32.6 Å². The Hall–Kier alpha value is -1.40. The largest absolute Gasteiger partial charge is 0.448 e.